The Morgan fingerprint density at radius 3 is 2.64 bits per heavy atom. The molecule has 6 nitrogen and oxygen atoms in total. The first kappa shape index (κ1) is 17.2. The van der Waals surface area contributed by atoms with Gasteiger partial charge in [-0.1, -0.05) is 50.6 Å². The number of nitrogens with one attached hydrogen (secondary N) is 1. The van der Waals surface area contributed by atoms with Gasteiger partial charge in [-0.3, -0.25) is 0 Å². The van der Waals surface area contributed by atoms with E-state index in [1.807, 2.05) is 30.5 Å². The van der Waals surface area contributed by atoms with Crippen molar-refractivity contribution in [1.29, 1.82) is 0 Å². The molecule has 0 unspecified atom stereocenters. The Kier molecular flexibility index (Phi) is 5.19. The second-order valence-electron chi connectivity index (χ2n) is 6.41. The van der Waals surface area contributed by atoms with Crippen LogP contribution >= 0.6 is 0 Å². The Balaban J connectivity index is 2.00. The van der Waals surface area contributed by atoms with E-state index in [1.165, 1.54) is 5.56 Å². The van der Waals surface area contributed by atoms with Gasteiger partial charge in [0.2, 0.25) is 5.95 Å². The largest absolute Gasteiger partial charge is 0.394 e. The quantitative estimate of drug-likeness (QED) is 0.616. The predicted octanol–water partition coefficient (Wildman–Crippen LogP) is 2.88. The van der Waals surface area contributed by atoms with E-state index in [-0.39, 0.29) is 18.6 Å². The van der Waals surface area contributed by atoms with E-state index in [1.54, 1.807) is 0 Å². The van der Waals surface area contributed by atoms with Crippen molar-refractivity contribution < 1.29 is 5.11 Å². The molecule has 0 aliphatic rings. The summed E-state index contributed by atoms with van der Waals surface area (Å²) in [4.78, 5) is 8.74. The molecule has 2 atom stereocenters. The SMILES string of the molecule is CC[C@H](C)[C@@H](CO)Nc1nc(N)nc2ccn(Cc3ccccc3)c12. The first-order chi connectivity index (χ1) is 12.1. The Morgan fingerprint density at radius 1 is 1.20 bits per heavy atom. The molecule has 0 saturated heterocycles. The smallest absolute Gasteiger partial charge is 0.222 e. The molecule has 0 bridgehead atoms. The minimum absolute atomic E-state index is 0.0415. The molecular formula is C19H25N5O. The molecule has 2 aromatic heterocycles. The summed E-state index contributed by atoms with van der Waals surface area (Å²) in [5.74, 6) is 1.21. The third-order valence-electron chi connectivity index (χ3n) is 4.67. The number of nitrogen functional groups attached to an aromatic ring is 1. The van der Waals surface area contributed by atoms with Crippen LogP contribution in [0.25, 0.3) is 11.0 Å². The van der Waals surface area contributed by atoms with Crippen LogP contribution in [0.1, 0.15) is 25.8 Å². The number of nitrogens with two attached hydrogens (primary N) is 1. The van der Waals surface area contributed by atoms with Crippen LogP contribution in [-0.4, -0.2) is 32.3 Å². The van der Waals surface area contributed by atoms with Gasteiger partial charge in [0.05, 0.1) is 18.2 Å². The highest BCUT2D eigenvalue weighted by molar-refractivity contribution is 5.87. The fourth-order valence-electron chi connectivity index (χ4n) is 2.97. The Morgan fingerprint density at radius 2 is 1.96 bits per heavy atom. The van der Waals surface area contributed by atoms with Crippen LogP contribution in [0.4, 0.5) is 11.8 Å². The van der Waals surface area contributed by atoms with Crippen molar-refractivity contribution in [2.75, 3.05) is 17.7 Å². The van der Waals surface area contributed by atoms with E-state index >= 15 is 0 Å². The third kappa shape index (κ3) is 3.74. The topological polar surface area (TPSA) is 89.0 Å². The molecule has 6 heteroatoms. The van der Waals surface area contributed by atoms with Gasteiger partial charge in [-0.05, 0) is 17.5 Å². The van der Waals surface area contributed by atoms with Crippen LogP contribution in [-0.2, 0) is 6.54 Å². The summed E-state index contributed by atoms with van der Waals surface area (Å²) in [6.45, 7) is 4.98. The molecule has 0 saturated carbocycles. The number of benzene rings is 1. The maximum Gasteiger partial charge on any atom is 0.222 e. The fraction of sp³-hybridized carbons (Fsp3) is 0.368. The van der Waals surface area contributed by atoms with Crippen molar-refractivity contribution in [1.82, 2.24) is 14.5 Å². The lowest BCUT2D eigenvalue weighted by molar-refractivity contribution is 0.241. The third-order valence-corrected chi connectivity index (χ3v) is 4.67. The zero-order valence-corrected chi connectivity index (χ0v) is 14.7. The lowest BCUT2D eigenvalue weighted by Gasteiger charge is -2.23. The number of aliphatic hydroxyl groups excluding tert-OH is 1. The second kappa shape index (κ2) is 7.53. The summed E-state index contributed by atoms with van der Waals surface area (Å²) in [6, 6.07) is 12.1. The second-order valence-corrected chi connectivity index (χ2v) is 6.41. The van der Waals surface area contributed by atoms with Gasteiger partial charge in [-0.25, -0.2) is 4.98 Å². The molecule has 3 aromatic rings. The molecule has 0 aliphatic heterocycles. The molecule has 1 aromatic carbocycles. The van der Waals surface area contributed by atoms with E-state index in [2.05, 4.69) is 45.8 Å². The predicted molar refractivity (Wildman–Crippen MR) is 101 cm³/mol. The Hall–Kier alpha value is -2.60. The maximum atomic E-state index is 9.74. The Labute approximate surface area is 147 Å². The van der Waals surface area contributed by atoms with Gasteiger partial charge in [0.1, 0.15) is 5.52 Å². The molecule has 4 N–H and O–H groups in total. The van der Waals surface area contributed by atoms with E-state index in [0.29, 0.717) is 11.7 Å². The number of aliphatic hydroxyl groups is 1. The standard InChI is InChI=1S/C19H25N5O/c1-3-13(2)16(12-25)21-18-17-15(22-19(20)23-18)9-10-24(17)11-14-7-5-4-6-8-14/h4-10,13,16,25H,3,11-12H2,1-2H3,(H3,20,21,22,23)/t13-,16+/m0/s1. The number of fused-ring (bicyclic) bond motifs is 1. The lowest BCUT2D eigenvalue weighted by Crippen LogP contribution is -2.31. The minimum Gasteiger partial charge on any atom is -0.394 e. The lowest BCUT2D eigenvalue weighted by atomic mass is 10.00. The normalized spacial score (nSPS) is 13.7. The minimum atomic E-state index is -0.0809. The average molecular weight is 339 g/mol. The number of anilines is 2. The highest BCUT2D eigenvalue weighted by Crippen LogP contribution is 2.25. The fourth-order valence-corrected chi connectivity index (χ4v) is 2.97. The van der Waals surface area contributed by atoms with Crippen molar-refractivity contribution in [3.8, 4) is 0 Å². The van der Waals surface area contributed by atoms with Gasteiger partial charge >= 0.3 is 0 Å². The van der Waals surface area contributed by atoms with Gasteiger partial charge in [0.15, 0.2) is 5.82 Å². The zero-order valence-electron chi connectivity index (χ0n) is 14.7. The van der Waals surface area contributed by atoms with Crippen LogP contribution in [0, 0.1) is 5.92 Å². The summed E-state index contributed by atoms with van der Waals surface area (Å²) >= 11 is 0. The highest BCUT2D eigenvalue weighted by atomic mass is 16.3. The van der Waals surface area contributed by atoms with Crippen molar-refractivity contribution in [3.05, 3.63) is 48.2 Å². The Bertz CT molecular complexity index is 830. The van der Waals surface area contributed by atoms with Crippen molar-refractivity contribution in [2.24, 2.45) is 5.92 Å². The molecule has 25 heavy (non-hydrogen) atoms. The first-order valence-electron chi connectivity index (χ1n) is 8.66. The van der Waals surface area contributed by atoms with E-state index in [0.717, 1.165) is 24.0 Å². The van der Waals surface area contributed by atoms with Gasteiger partial charge in [-0.2, -0.15) is 4.98 Å². The van der Waals surface area contributed by atoms with E-state index in [9.17, 15) is 5.11 Å². The molecule has 3 rings (SSSR count). The van der Waals surface area contributed by atoms with Crippen molar-refractivity contribution in [3.63, 3.8) is 0 Å². The summed E-state index contributed by atoms with van der Waals surface area (Å²) in [7, 11) is 0. The number of hydrogen-bond donors (Lipinski definition) is 3. The number of hydrogen-bond acceptors (Lipinski definition) is 5. The van der Waals surface area contributed by atoms with Gasteiger partial charge < -0.3 is 20.7 Å². The molecule has 132 valence electrons. The van der Waals surface area contributed by atoms with Gasteiger partial charge in [0, 0.05) is 12.7 Å². The molecule has 0 fully saturated rings. The molecule has 0 amide bonds. The van der Waals surface area contributed by atoms with Crippen molar-refractivity contribution >= 4 is 22.8 Å². The van der Waals surface area contributed by atoms with Crippen molar-refractivity contribution in [2.45, 2.75) is 32.9 Å². The van der Waals surface area contributed by atoms with Crippen LogP contribution in [0.2, 0.25) is 0 Å². The monoisotopic (exact) mass is 339 g/mol. The number of nitrogens with zero attached hydrogens (tertiary/aromatic N) is 3. The molecule has 0 radical (unpaired) electrons. The van der Waals surface area contributed by atoms with E-state index < -0.39 is 0 Å². The molecule has 2 heterocycles. The number of aromatic nitrogens is 3. The van der Waals surface area contributed by atoms with Crippen LogP contribution in [0.5, 0.6) is 0 Å². The molecule has 0 spiro atoms. The molecule has 0 aliphatic carbocycles. The van der Waals surface area contributed by atoms with Crippen LogP contribution < -0.4 is 11.1 Å². The van der Waals surface area contributed by atoms with Gasteiger partial charge in [-0.15, -0.1) is 0 Å². The van der Waals surface area contributed by atoms with E-state index in [4.69, 9.17) is 5.73 Å². The summed E-state index contributed by atoms with van der Waals surface area (Å²) in [5, 5.41) is 13.1. The first-order valence-corrected chi connectivity index (χ1v) is 8.66. The number of rotatable bonds is 7. The summed E-state index contributed by atoms with van der Waals surface area (Å²) < 4.78 is 2.11. The van der Waals surface area contributed by atoms with Gasteiger partial charge in [0.25, 0.3) is 0 Å². The zero-order chi connectivity index (χ0) is 17.8. The summed E-state index contributed by atoms with van der Waals surface area (Å²) in [6.07, 6.45) is 2.96. The maximum absolute atomic E-state index is 9.74. The van der Waals surface area contributed by atoms with Crippen LogP contribution in [0.3, 0.4) is 0 Å². The molecular weight excluding hydrogens is 314 g/mol. The average Bonchev–Trinajstić information content (AvgIpc) is 3.02. The highest BCUT2D eigenvalue weighted by Gasteiger charge is 2.19. The summed E-state index contributed by atoms with van der Waals surface area (Å²) in [5.41, 5.74) is 8.78. The van der Waals surface area contributed by atoms with Crippen LogP contribution in [0.15, 0.2) is 42.6 Å².